The monoisotopic (exact) mass is 231 g/mol. The standard InChI is InChI=1S/C9H17N3O4/c1-3-16-8(14)6-12-9(15)11-5-4-7(13)10-2/h3-6H2,1-2H3,(H,10,13)(H2,11,12,15). The quantitative estimate of drug-likeness (QED) is 0.510. The molecule has 0 atom stereocenters. The second kappa shape index (κ2) is 8.51. The minimum absolute atomic E-state index is 0.161. The first-order valence-electron chi connectivity index (χ1n) is 4.98. The number of ether oxygens (including phenoxy) is 1. The fourth-order valence-corrected chi connectivity index (χ4v) is 0.842. The van der Waals surface area contributed by atoms with E-state index < -0.39 is 12.0 Å². The van der Waals surface area contributed by atoms with E-state index in [4.69, 9.17) is 0 Å². The molecule has 0 fully saturated rings. The van der Waals surface area contributed by atoms with Crippen LogP contribution in [0, 0.1) is 0 Å². The minimum Gasteiger partial charge on any atom is -0.465 e. The van der Waals surface area contributed by atoms with Crippen LogP contribution >= 0.6 is 0 Å². The summed E-state index contributed by atoms with van der Waals surface area (Å²) in [6.45, 7) is 1.99. The van der Waals surface area contributed by atoms with Gasteiger partial charge in [0.05, 0.1) is 6.61 Å². The van der Waals surface area contributed by atoms with Crippen molar-refractivity contribution in [2.24, 2.45) is 0 Å². The van der Waals surface area contributed by atoms with Crippen molar-refractivity contribution in [3.8, 4) is 0 Å². The third-order valence-corrected chi connectivity index (χ3v) is 1.62. The maximum atomic E-state index is 11.1. The van der Waals surface area contributed by atoms with E-state index in [0.717, 1.165) is 0 Å². The Kier molecular flexibility index (Phi) is 7.56. The van der Waals surface area contributed by atoms with Crippen molar-refractivity contribution in [2.75, 3.05) is 26.7 Å². The SMILES string of the molecule is CCOC(=O)CNC(=O)NCCC(=O)NC. The zero-order valence-electron chi connectivity index (χ0n) is 9.46. The van der Waals surface area contributed by atoms with Gasteiger partial charge in [0.25, 0.3) is 0 Å². The predicted octanol–water partition coefficient (Wildman–Crippen LogP) is -1.02. The third kappa shape index (κ3) is 7.60. The molecule has 0 saturated heterocycles. The van der Waals surface area contributed by atoms with Gasteiger partial charge in [-0.25, -0.2) is 4.79 Å². The molecule has 7 nitrogen and oxygen atoms in total. The smallest absolute Gasteiger partial charge is 0.325 e. The molecule has 3 N–H and O–H groups in total. The number of rotatable bonds is 6. The van der Waals surface area contributed by atoms with Crippen LogP contribution in [-0.4, -0.2) is 44.7 Å². The summed E-state index contributed by atoms with van der Waals surface area (Å²) in [6, 6.07) is -0.503. The van der Waals surface area contributed by atoms with Gasteiger partial charge in [-0.1, -0.05) is 0 Å². The molecular formula is C9H17N3O4. The molecule has 0 aromatic heterocycles. The average Bonchev–Trinajstić information content (AvgIpc) is 2.26. The van der Waals surface area contributed by atoms with Crippen LogP contribution in [0.3, 0.4) is 0 Å². The molecule has 0 radical (unpaired) electrons. The first-order valence-corrected chi connectivity index (χ1v) is 4.98. The molecule has 0 aliphatic rings. The van der Waals surface area contributed by atoms with E-state index in [-0.39, 0.29) is 32.0 Å². The van der Waals surface area contributed by atoms with Gasteiger partial charge in [-0.3, -0.25) is 9.59 Å². The average molecular weight is 231 g/mol. The lowest BCUT2D eigenvalue weighted by Crippen LogP contribution is -2.40. The molecular weight excluding hydrogens is 214 g/mol. The zero-order chi connectivity index (χ0) is 12.4. The Morgan fingerprint density at radius 1 is 1.19 bits per heavy atom. The van der Waals surface area contributed by atoms with Gasteiger partial charge >= 0.3 is 12.0 Å². The van der Waals surface area contributed by atoms with Crippen molar-refractivity contribution in [1.29, 1.82) is 0 Å². The van der Waals surface area contributed by atoms with Gasteiger partial charge in [0.15, 0.2) is 0 Å². The highest BCUT2D eigenvalue weighted by Gasteiger charge is 2.05. The molecule has 0 rings (SSSR count). The van der Waals surface area contributed by atoms with Crippen molar-refractivity contribution in [3.05, 3.63) is 0 Å². The van der Waals surface area contributed by atoms with Crippen LogP contribution in [-0.2, 0) is 14.3 Å². The lowest BCUT2D eigenvalue weighted by molar-refractivity contribution is -0.141. The van der Waals surface area contributed by atoms with Gasteiger partial charge in [-0.15, -0.1) is 0 Å². The van der Waals surface area contributed by atoms with E-state index in [1.165, 1.54) is 7.05 Å². The van der Waals surface area contributed by atoms with Gasteiger partial charge in [-0.05, 0) is 6.92 Å². The number of urea groups is 1. The molecule has 0 heterocycles. The minimum atomic E-state index is -0.503. The summed E-state index contributed by atoms with van der Waals surface area (Å²) >= 11 is 0. The molecule has 0 aromatic rings. The molecule has 92 valence electrons. The number of esters is 1. The summed E-state index contributed by atoms with van der Waals surface area (Å²) in [6.07, 6.45) is 0.198. The highest BCUT2D eigenvalue weighted by molar-refractivity contribution is 5.81. The maximum absolute atomic E-state index is 11.1. The van der Waals surface area contributed by atoms with E-state index in [2.05, 4.69) is 20.7 Å². The molecule has 0 unspecified atom stereocenters. The van der Waals surface area contributed by atoms with Crippen molar-refractivity contribution in [3.63, 3.8) is 0 Å². The van der Waals surface area contributed by atoms with Crippen molar-refractivity contribution in [1.82, 2.24) is 16.0 Å². The Hall–Kier alpha value is -1.79. The van der Waals surface area contributed by atoms with Crippen molar-refractivity contribution < 1.29 is 19.1 Å². The number of nitrogens with one attached hydrogen (secondary N) is 3. The van der Waals surface area contributed by atoms with E-state index in [0.29, 0.717) is 0 Å². The van der Waals surface area contributed by atoms with Gasteiger partial charge in [0.1, 0.15) is 6.54 Å². The number of hydrogen-bond donors (Lipinski definition) is 3. The summed E-state index contributed by atoms with van der Waals surface area (Å²) in [5, 5.41) is 7.15. The fourth-order valence-electron chi connectivity index (χ4n) is 0.842. The normalized spacial score (nSPS) is 9.12. The van der Waals surface area contributed by atoms with E-state index in [9.17, 15) is 14.4 Å². The first kappa shape index (κ1) is 14.2. The van der Waals surface area contributed by atoms with Gasteiger partial charge in [0, 0.05) is 20.0 Å². The maximum Gasteiger partial charge on any atom is 0.325 e. The predicted molar refractivity (Wildman–Crippen MR) is 56.7 cm³/mol. The van der Waals surface area contributed by atoms with Crippen LogP contribution in [0.2, 0.25) is 0 Å². The van der Waals surface area contributed by atoms with Crippen molar-refractivity contribution in [2.45, 2.75) is 13.3 Å². The largest absolute Gasteiger partial charge is 0.465 e. The Morgan fingerprint density at radius 3 is 2.44 bits per heavy atom. The highest BCUT2D eigenvalue weighted by Crippen LogP contribution is 1.78. The van der Waals surface area contributed by atoms with Crippen LogP contribution < -0.4 is 16.0 Å². The van der Waals surface area contributed by atoms with E-state index in [1.54, 1.807) is 6.92 Å². The molecule has 7 heteroatoms. The molecule has 3 amide bonds. The van der Waals surface area contributed by atoms with Crippen LogP contribution in [0.15, 0.2) is 0 Å². The summed E-state index contributed by atoms with van der Waals surface area (Å²) in [4.78, 5) is 32.7. The van der Waals surface area contributed by atoms with Crippen LogP contribution in [0.4, 0.5) is 4.79 Å². The Morgan fingerprint density at radius 2 is 1.88 bits per heavy atom. The van der Waals surface area contributed by atoms with Crippen molar-refractivity contribution >= 4 is 17.9 Å². The van der Waals surface area contributed by atoms with Gasteiger partial charge < -0.3 is 20.7 Å². The molecule has 0 aliphatic carbocycles. The second-order valence-corrected chi connectivity index (χ2v) is 2.84. The number of carbonyl (C=O) groups is 3. The first-order chi connectivity index (χ1) is 7.60. The van der Waals surface area contributed by atoms with E-state index >= 15 is 0 Å². The zero-order valence-corrected chi connectivity index (χ0v) is 9.46. The Labute approximate surface area is 93.9 Å². The summed E-state index contributed by atoms with van der Waals surface area (Å²) < 4.78 is 4.61. The lowest BCUT2D eigenvalue weighted by atomic mass is 10.4. The van der Waals surface area contributed by atoms with Gasteiger partial charge in [-0.2, -0.15) is 0 Å². The molecule has 0 spiro atoms. The highest BCUT2D eigenvalue weighted by atomic mass is 16.5. The third-order valence-electron chi connectivity index (χ3n) is 1.62. The Bertz CT molecular complexity index is 255. The lowest BCUT2D eigenvalue weighted by Gasteiger charge is -2.06. The molecule has 16 heavy (non-hydrogen) atoms. The number of hydrogen-bond acceptors (Lipinski definition) is 4. The Balaban J connectivity index is 3.52. The van der Waals surface area contributed by atoms with Gasteiger partial charge in [0.2, 0.25) is 5.91 Å². The molecule has 0 aromatic carbocycles. The van der Waals surface area contributed by atoms with Crippen LogP contribution in [0.25, 0.3) is 0 Å². The fraction of sp³-hybridized carbons (Fsp3) is 0.667. The number of carbonyl (C=O) groups excluding carboxylic acids is 3. The second-order valence-electron chi connectivity index (χ2n) is 2.84. The van der Waals surface area contributed by atoms with Crippen LogP contribution in [0.1, 0.15) is 13.3 Å². The summed E-state index contributed by atoms with van der Waals surface area (Å²) in [5.41, 5.74) is 0. The molecule has 0 bridgehead atoms. The summed E-state index contributed by atoms with van der Waals surface area (Å²) in [5.74, 6) is -0.658. The molecule has 0 aliphatic heterocycles. The van der Waals surface area contributed by atoms with Crippen LogP contribution in [0.5, 0.6) is 0 Å². The summed E-state index contributed by atoms with van der Waals surface area (Å²) in [7, 11) is 1.52. The van der Waals surface area contributed by atoms with E-state index in [1.807, 2.05) is 0 Å². The molecule has 0 saturated carbocycles. The topological polar surface area (TPSA) is 96.5 Å². The number of amides is 3.